The van der Waals surface area contributed by atoms with E-state index in [1.54, 1.807) is 6.07 Å². The van der Waals surface area contributed by atoms with Gasteiger partial charge in [-0.1, -0.05) is 30.0 Å². The molecule has 2 aromatic rings. The molecule has 0 aliphatic carbocycles. The first-order chi connectivity index (χ1) is 8.18. The van der Waals surface area contributed by atoms with Crippen molar-refractivity contribution in [1.29, 1.82) is 0 Å². The highest BCUT2D eigenvalue weighted by molar-refractivity contribution is 5.52. The minimum absolute atomic E-state index is 0.327. The Hall–Kier alpha value is -2.20. The minimum atomic E-state index is 0.327. The van der Waals surface area contributed by atoms with E-state index in [1.165, 1.54) is 0 Å². The molecule has 0 bridgehead atoms. The van der Waals surface area contributed by atoms with Crippen molar-refractivity contribution in [1.82, 2.24) is 0 Å². The van der Waals surface area contributed by atoms with E-state index in [1.807, 2.05) is 50.2 Å². The molecular weight excluding hydrogens is 208 g/mol. The predicted molar refractivity (Wildman–Crippen MR) is 70.0 cm³/mol. The molecule has 1 nitrogen and oxygen atoms in total. The smallest absolute Gasteiger partial charge is 0.118 e. The lowest BCUT2D eigenvalue weighted by Gasteiger charge is -2.04. The van der Waals surface area contributed by atoms with E-state index in [2.05, 4.69) is 11.8 Å². The van der Waals surface area contributed by atoms with Crippen LogP contribution in [0.1, 0.15) is 22.3 Å². The number of hydrogen-bond donors (Lipinski definition) is 1. The lowest BCUT2D eigenvalue weighted by atomic mass is 10.0. The zero-order valence-electron chi connectivity index (χ0n) is 9.99. The molecule has 0 amide bonds. The highest BCUT2D eigenvalue weighted by atomic mass is 16.3. The highest BCUT2D eigenvalue weighted by Crippen LogP contribution is 2.22. The Morgan fingerprint density at radius 1 is 0.824 bits per heavy atom. The van der Waals surface area contributed by atoms with Gasteiger partial charge in [0.1, 0.15) is 5.75 Å². The number of phenols is 1. The first-order valence-corrected chi connectivity index (χ1v) is 5.54. The van der Waals surface area contributed by atoms with Gasteiger partial charge in [0.05, 0.1) is 0 Å². The molecule has 2 aromatic carbocycles. The summed E-state index contributed by atoms with van der Waals surface area (Å²) in [5.41, 5.74) is 3.89. The van der Waals surface area contributed by atoms with Gasteiger partial charge >= 0.3 is 0 Å². The van der Waals surface area contributed by atoms with Crippen LogP contribution in [0, 0.1) is 25.7 Å². The Bertz CT molecular complexity index is 586. The Morgan fingerprint density at radius 2 is 1.53 bits per heavy atom. The number of hydrogen-bond acceptors (Lipinski definition) is 1. The molecule has 1 heteroatoms. The Morgan fingerprint density at radius 3 is 2.24 bits per heavy atom. The van der Waals surface area contributed by atoms with Gasteiger partial charge in [-0.2, -0.15) is 0 Å². The van der Waals surface area contributed by atoms with Gasteiger partial charge in [-0.3, -0.25) is 0 Å². The van der Waals surface area contributed by atoms with Gasteiger partial charge in [-0.15, -0.1) is 0 Å². The summed E-state index contributed by atoms with van der Waals surface area (Å²) in [4.78, 5) is 0. The molecule has 2 rings (SSSR count). The molecule has 17 heavy (non-hydrogen) atoms. The maximum absolute atomic E-state index is 9.56. The van der Waals surface area contributed by atoms with E-state index in [9.17, 15) is 5.11 Å². The van der Waals surface area contributed by atoms with Gasteiger partial charge in [-0.05, 0) is 49.2 Å². The Balaban J connectivity index is 2.38. The maximum atomic E-state index is 9.56. The average Bonchev–Trinajstić information content (AvgIpc) is 2.36. The van der Waals surface area contributed by atoms with Crippen molar-refractivity contribution in [3.05, 3.63) is 64.7 Å². The van der Waals surface area contributed by atoms with Gasteiger partial charge in [0, 0.05) is 11.1 Å². The molecule has 0 saturated heterocycles. The third kappa shape index (κ3) is 2.49. The highest BCUT2D eigenvalue weighted by Gasteiger charge is 2.02. The summed E-state index contributed by atoms with van der Waals surface area (Å²) in [5, 5.41) is 9.56. The van der Waals surface area contributed by atoms with Crippen LogP contribution in [0.3, 0.4) is 0 Å². The van der Waals surface area contributed by atoms with Crippen LogP contribution < -0.4 is 0 Å². The first kappa shape index (κ1) is 11.3. The topological polar surface area (TPSA) is 20.2 Å². The van der Waals surface area contributed by atoms with E-state index in [-0.39, 0.29) is 0 Å². The summed E-state index contributed by atoms with van der Waals surface area (Å²) in [6.07, 6.45) is 0. The fraction of sp³-hybridized carbons (Fsp3) is 0.125. The Kier molecular flexibility index (Phi) is 3.16. The summed E-state index contributed by atoms with van der Waals surface area (Å²) in [5.74, 6) is 6.58. The second kappa shape index (κ2) is 4.76. The zero-order valence-corrected chi connectivity index (χ0v) is 9.99. The molecule has 84 valence electrons. The largest absolute Gasteiger partial charge is 0.508 e. The summed E-state index contributed by atoms with van der Waals surface area (Å²) in [6, 6.07) is 13.4. The van der Waals surface area contributed by atoms with Gasteiger partial charge in [-0.25, -0.2) is 0 Å². The molecule has 0 aromatic heterocycles. The second-order valence-corrected chi connectivity index (χ2v) is 4.00. The third-order valence-corrected chi connectivity index (χ3v) is 2.87. The minimum Gasteiger partial charge on any atom is -0.508 e. The summed E-state index contributed by atoms with van der Waals surface area (Å²) in [7, 11) is 0. The third-order valence-electron chi connectivity index (χ3n) is 2.87. The SMILES string of the molecule is Cc1c(O)ccc(C#Cc2ccccc2)c1C. The molecule has 0 heterocycles. The number of aromatic hydroxyl groups is 1. The molecule has 0 unspecified atom stereocenters. The van der Waals surface area contributed by atoms with Crippen molar-refractivity contribution >= 4 is 0 Å². The summed E-state index contributed by atoms with van der Waals surface area (Å²) >= 11 is 0. The lowest BCUT2D eigenvalue weighted by molar-refractivity contribution is 0.470. The first-order valence-electron chi connectivity index (χ1n) is 5.54. The summed E-state index contributed by atoms with van der Waals surface area (Å²) < 4.78 is 0. The molecular formula is C16H14O. The number of benzene rings is 2. The normalized spacial score (nSPS) is 9.53. The molecule has 0 saturated carbocycles. The second-order valence-electron chi connectivity index (χ2n) is 4.00. The van der Waals surface area contributed by atoms with Crippen molar-refractivity contribution < 1.29 is 5.11 Å². The average molecular weight is 222 g/mol. The van der Waals surface area contributed by atoms with E-state index in [0.717, 1.165) is 22.3 Å². The molecule has 0 aliphatic rings. The van der Waals surface area contributed by atoms with Gasteiger partial charge in [0.25, 0.3) is 0 Å². The van der Waals surface area contributed by atoms with Crippen molar-refractivity contribution in [3.63, 3.8) is 0 Å². The van der Waals surface area contributed by atoms with Crippen LogP contribution in [0.25, 0.3) is 0 Å². The standard InChI is InChI=1S/C16H14O/c1-12-13(2)16(17)11-10-15(12)9-8-14-6-4-3-5-7-14/h3-7,10-11,17H,1-2H3. The van der Waals surface area contributed by atoms with Crippen LogP contribution in [-0.2, 0) is 0 Å². The van der Waals surface area contributed by atoms with Crippen molar-refractivity contribution in [3.8, 4) is 17.6 Å². The van der Waals surface area contributed by atoms with Crippen LogP contribution in [-0.4, -0.2) is 5.11 Å². The monoisotopic (exact) mass is 222 g/mol. The molecule has 0 radical (unpaired) electrons. The summed E-state index contributed by atoms with van der Waals surface area (Å²) in [6.45, 7) is 3.88. The zero-order chi connectivity index (χ0) is 12.3. The van der Waals surface area contributed by atoms with Crippen LogP contribution in [0.4, 0.5) is 0 Å². The Labute approximate surface area is 102 Å². The van der Waals surface area contributed by atoms with Crippen LogP contribution in [0.2, 0.25) is 0 Å². The van der Waals surface area contributed by atoms with Crippen molar-refractivity contribution in [2.75, 3.05) is 0 Å². The van der Waals surface area contributed by atoms with Crippen LogP contribution in [0.15, 0.2) is 42.5 Å². The molecule has 0 fully saturated rings. The van der Waals surface area contributed by atoms with Crippen molar-refractivity contribution in [2.24, 2.45) is 0 Å². The number of rotatable bonds is 0. The van der Waals surface area contributed by atoms with E-state index in [0.29, 0.717) is 5.75 Å². The molecule has 0 atom stereocenters. The fourth-order valence-corrected chi connectivity index (χ4v) is 1.60. The lowest BCUT2D eigenvalue weighted by Crippen LogP contribution is -1.87. The molecule has 1 N–H and O–H groups in total. The quantitative estimate of drug-likeness (QED) is 0.677. The van der Waals surface area contributed by atoms with Crippen LogP contribution in [0.5, 0.6) is 5.75 Å². The molecule has 0 aliphatic heterocycles. The van der Waals surface area contributed by atoms with E-state index < -0.39 is 0 Å². The van der Waals surface area contributed by atoms with E-state index in [4.69, 9.17) is 0 Å². The predicted octanol–water partition coefficient (Wildman–Crippen LogP) is 3.41. The fourth-order valence-electron chi connectivity index (χ4n) is 1.60. The van der Waals surface area contributed by atoms with E-state index >= 15 is 0 Å². The maximum Gasteiger partial charge on any atom is 0.118 e. The molecule has 0 spiro atoms. The number of phenolic OH excluding ortho intramolecular Hbond substituents is 1. The van der Waals surface area contributed by atoms with Crippen LogP contribution >= 0.6 is 0 Å². The van der Waals surface area contributed by atoms with Gasteiger partial charge in [0.2, 0.25) is 0 Å². The van der Waals surface area contributed by atoms with Gasteiger partial charge < -0.3 is 5.11 Å². The van der Waals surface area contributed by atoms with Gasteiger partial charge in [0.15, 0.2) is 0 Å². The van der Waals surface area contributed by atoms with Crippen molar-refractivity contribution in [2.45, 2.75) is 13.8 Å².